The molecule has 6 nitrogen and oxygen atoms in total. The van der Waals surface area contributed by atoms with Crippen molar-refractivity contribution < 1.29 is 14.3 Å². The number of anilines is 1. The number of amides is 1. The van der Waals surface area contributed by atoms with Crippen molar-refractivity contribution in [3.63, 3.8) is 0 Å². The highest BCUT2D eigenvalue weighted by atomic mass is 32.1. The van der Waals surface area contributed by atoms with Crippen LogP contribution in [-0.4, -0.2) is 43.1 Å². The van der Waals surface area contributed by atoms with Gasteiger partial charge in [0.25, 0.3) is 5.91 Å². The van der Waals surface area contributed by atoms with Gasteiger partial charge in [-0.05, 0) is 31.2 Å². The van der Waals surface area contributed by atoms with E-state index in [0.717, 1.165) is 38.2 Å². The monoisotopic (exact) mass is 361 g/mol. The number of hydrogen-bond donors (Lipinski definition) is 1. The zero-order chi connectivity index (χ0) is 17.8. The highest BCUT2D eigenvalue weighted by Gasteiger charge is 2.21. The largest absolute Gasteiger partial charge is 0.493 e. The molecule has 0 bridgehead atoms. The molecule has 0 saturated heterocycles. The summed E-state index contributed by atoms with van der Waals surface area (Å²) in [6.45, 7) is 5.25. The standard InChI is InChI=1S/C18H23N3O3S/c1-4-8-21-9-7-13-16(11-21)25-18(19-13)20-17(22)12-5-6-14(23-2)15(10-12)24-3/h5-6,10H,4,7-9,11H2,1-3H3,(H,19,20,22). The maximum atomic E-state index is 12.5. The first kappa shape index (κ1) is 17.7. The van der Waals surface area contributed by atoms with E-state index >= 15 is 0 Å². The minimum atomic E-state index is -0.197. The van der Waals surface area contributed by atoms with Crippen molar-refractivity contribution in [2.24, 2.45) is 0 Å². The molecule has 1 aromatic heterocycles. The Hall–Kier alpha value is -2.12. The van der Waals surface area contributed by atoms with Crippen LogP contribution in [0.1, 0.15) is 34.3 Å². The van der Waals surface area contributed by atoms with Crippen molar-refractivity contribution in [1.29, 1.82) is 0 Å². The summed E-state index contributed by atoms with van der Waals surface area (Å²) in [5, 5.41) is 3.56. The minimum absolute atomic E-state index is 0.197. The van der Waals surface area contributed by atoms with E-state index in [9.17, 15) is 4.79 Å². The summed E-state index contributed by atoms with van der Waals surface area (Å²) in [5.74, 6) is 0.932. The Balaban J connectivity index is 1.72. The van der Waals surface area contributed by atoms with Crippen molar-refractivity contribution >= 4 is 22.4 Å². The number of carbonyl (C=O) groups excluding carboxylic acids is 1. The molecule has 25 heavy (non-hydrogen) atoms. The number of ether oxygens (including phenoxy) is 2. The van der Waals surface area contributed by atoms with E-state index in [0.29, 0.717) is 22.2 Å². The zero-order valence-corrected chi connectivity index (χ0v) is 15.6. The molecule has 134 valence electrons. The predicted molar refractivity (Wildman–Crippen MR) is 98.9 cm³/mol. The average molecular weight is 361 g/mol. The van der Waals surface area contributed by atoms with Crippen LogP contribution in [0.5, 0.6) is 11.5 Å². The third kappa shape index (κ3) is 3.93. The molecule has 1 aromatic carbocycles. The third-order valence-electron chi connectivity index (χ3n) is 4.22. The van der Waals surface area contributed by atoms with Crippen LogP contribution in [0.3, 0.4) is 0 Å². The number of hydrogen-bond acceptors (Lipinski definition) is 6. The van der Waals surface area contributed by atoms with Crippen LogP contribution >= 0.6 is 11.3 Å². The topological polar surface area (TPSA) is 63.7 Å². The number of carbonyl (C=O) groups is 1. The summed E-state index contributed by atoms with van der Waals surface area (Å²) in [4.78, 5) is 20.8. The van der Waals surface area contributed by atoms with E-state index in [1.165, 1.54) is 4.88 Å². The van der Waals surface area contributed by atoms with Gasteiger partial charge in [-0.3, -0.25) is 15.0 Å². The lowest BCUT2D eigenvalue weighted by Gasteiger charge is -2.24. The van der Waals surface area contributed by atoms with Crippen molar-refractivity contribution in [2.45, 2.75) is 26.3 Å². The van der Waals surface area contributed by atoms with Crippen molar-refractivity contribution in [2.75, 3.05) is 32.6 Å². The molecule has 0 radical (unpaired) electrons. The van der Waals surface area contributed by atoms with Gasteiger partial charge >= 0.3 is 0 Å². The molecule has 2 aromatic rings. The van der Waals surface area contributed by atoms with Gasteiger partial charge in [0.2, 0.25) is 0 Å². The van der Waals surface area contributed by atoms with Gasteiger partial charge in [0.05, 0.1) is 19.9 Å². The number of fused-ring (bicyclic) bond motifs is 1. The van der Waals surface area contributed by atoms with Crippen LogP contribution in [0, 0.1) is 0 Å². The fourth-order valence-electron chi connectivity index (χ4n) is 2.96. The fraction of sp³-hybridized carbons (Fsp3) is 0.444. The molecule has 2 heterocycles. The SMILES string of the molecule is CCCN1CCc2nc(NC(=O)c3ccc(OC)c(OC)c3)sc2C1. The third-order valence-corrected chi connectivity index (χ3v) is 5.21. The van der Waals surface area contributed by atoms with Crippen LogP contribution < -0.4 is 14.8 Å². The summed E-state index contributed by atoms with van der Waals surface area (Å²) in [7, 11) is 3.12. The Kier molecular flexibility index (Phi) is 5.55. The number of nitrogens with one attached hydrogen (secondary N) is 1. The second-order valence-corrected chi connectivity index (χ2v) is 7.02. The molecule has 0 aliphatic carbocycles. The minimum Gasteiger partial charge on any atom is -0.493 e. The fourth-order valence-corrected chi connectivity index (χ4v) is 4.00. The van der Waals surface area contributed by atoms with Crippen LogP contribution in [0.4, 0.5) is 5.13 Å². The lowest BCUT2D eigenvalue weighted by atomic mass is 10.2. The van der Waals surface area contributed by atoms with Gasteiger partial charge in [-0.25, -0.2) is 4.98 Å². The summed E-state index contributed by atoms with van der Waals surface area (Å²) < 4.78 is 10.5. The number of benzene rings is 1. The molecule has 1 aliphatic rings. The molecule has 0 atom stereocenters. The van der Waals surface area contributed by atoms with E-state index in [2.05, 4.69) is 22.1 Å². The molecule has 3 rings (SSSR count). The predicted octanol–water partition coefficient (Wildman–Crippen LogP) is 3.18. The quantitative estimate of drug-likeness (QED) is 0.856. The lowest BCUT2D eigenvalue weighted by Crippen LogP contribution is -2.30. The Bertz CT molecular complexity index is 760. The maximum Gasteiger partial charge on any atom is 0.257 e. The average Bonchev–Trinajstić information content (AvgIpc) is 3.02. The van der Waals surface area contributed by atoms with Crippen molar-refractivity contribution in [1.82, 2.24) is 9.88 Å². The molecule has 0 saturated carbocycles. The Morgan fingerprint density at radius 1 is 1.32 bits per heavy atom. The van der Waals surface area contributed by atoms with Gasteiger partial charge in [-0.15, -0.1) is 11.3 Å². The first-order valence-corrected chi connectivity index (χ1v) is 9.20. The Morgan fingerprint density at radius 3 is 2.84 bits per heavy atom. The number of nitrogens with zero attached hydrogens (tertiary/aromatic N) is 2. The first-order chi connectivity index (χ1) is 12.1. The smallest absolute Gasteiger partial charge is 0.257 e. The molecule has 0 fully saturated rings. The molecule has 0 unspecified atom stereocenters. The van der Waals surface area contributed by atoms with Crippen LogP contribution in [-0.2, 0) is 13.0 Å². The molecule has 7 heteroatoms. The van der Waals surface area contributed by atoms with Crippen molar-refractivity contribution in [3.8, 4) is 11.5 Å². The molecule has 1 N–H and O–H groups in total. The Morgan fingerprint density at radius 2 is 2.12 bits per heavy atom. The molecule has 1 amide bonds. The van der Waals surface area contributed by atoms with E-state index in [-0.39, 0.29) is 5.91 Å². The van der Waals surface area contributed by atoms with Gasteiger partial charge in [-0.1, -0.05) is 6.92 Å². The van der Waals surface area contributed by atoms with Gasteiger partial charge < -0.3 is 9.47 Å². The summed E-state index contributed by atoms with van der Waals surface area (Å²) in [5.41, 5.74) is 1.62. The second kappa shape index (κ2) is 7.84. The summed E-state index contributed by atoms with van der Waals surface area (Å²) in [6, 6.07) is 5.11. The summed E-state index contributed by atoms with van der Waals surface area (Å²) >= 11 is 1.56. The number of methoxy groups -OCH3 is 2. The van der Waals surface area contributed by atoms with Gasteiger partial charge in [0.15, 0.2) is 16.6 Å². The van der Waals surface area contributed by atoms with Crippen molar-refractivity contribution in [3.05, 3.63) is 34.3 Å². The summed E-state index contributed by atoms with van der Waals surface area (Å²) in [6.07, 6.45) is 2.09. The van der Waals surface area contributed by atoms with E-state index in [1.54, 1.807) is 43.8 Å². The molecule has 0 spiro atoms. The highest BCUT2D eigenvalue weighted by Crippen LogP contribution is 2.30. The molecular formula is C18H23N3O3S. The molecular weight excluding hydrogens is 338 g/mol. The van der Waals surface area contributed by atoms with Gasteiger partial charge in [-0.2, -0.15) is 0 Å². The van der Waals surface area contributed by atoms with Crippen LogP contribution in [0.15, 0.2) is 18.2 Å². The number of aromatic nitrogens is 1. The van der Waals surface area contributed by atoms with E-state index in [1.807, 2.05) is 0 Å². The van der Waals surface area contributed by atoms with E-state index < -0.39 is 0 Å². The van der Waals surface area contributed by atoms with Crippen LogP contribution in [0.25, 0.3) is 0 Å². The van der Waals surface area contributed by atoms with Crippen LogP contribution in [0.2, 0.25) is 0 Å². The first-order valence-electron chi connectivity index (χ1n) is 8.39. The van der Waals surface area contributed by atoms with Gasteiger partial charge in [0, 0.05) is 30.0 Å². The zero-order valence-electron chi connectivity index (χ0n) is 14.8. The lowest BCUT2D eigenvalue weighted by molar-refractivity contribution is 0.102. The van der Waals surface area contributed by atoms with E-state index in [4.69, 9.17) is 9.47 Å². The molecule has 1 aliphatic heterocycles. The maximum absolute atomic E-state index is 12.5. The number of thiazole rings is 1. The normalized spacial score (nSPS) is 14.0. The Labute approximate surface area is 151 Å². The number of rotatable bonds is 6. The second-order valence-electron chi connectivity index (χ2n) is 5.94. The highest BCUT2D eigenvalue weighted by molar-refractivity contribution is 7.15. The van der Waals surface area contributed by atoms with Gasteiger partial charge in [0.1, 0.15) is 0 Å².